The van der Waals surface area contributed by atoms with Gasteiger partial charge < -0.3 is 20.1 Å². The molecule has 1 atom stereocenters. The smallest absolute Gasteiger partial charge is 0.340 e. The average molecular weight is 212 g/mol. The first-order valence-electron chi connectivity index (χ1n) is 4.23. The van der Waals surface area contributed by atoms with Gasteiger partial charge in [-0.25, -0.2) is 4.79 Å². The van der Waals surface area contributed by atoms with E-state index in [9.17, 15) is 15.0 Å². The predicted octanol–water partition coefficient (Wildman–Crippen LogP) is 0.693. The van der Waals surface area contributed by atoms with Crippen LogP contribution in [0.4, 0.5) is 0 Å². The van der Waals surface area contributed by atoms with E-state index in [2.05, 4.69) is 0 Å². The van der Waals surface area contributed by atoms with Gasteiger partial charge in [-0.3, -0.25) is 0 Å². The van der Waals surface area contributed by atoms with Crippen molar-refractivity contribution < 1.29 is 24.9 Å². The summed E-state index contributed by atoms with van der Waals surface area (Å²) in [4.78, 5) is 10.7. The number of hydrogen-bond acceptors (Lipinski definition) is 4. The second-order valence-corrected chi connectivity index (χ2v) is 3.26. The lowest BCUT2D eigenvalue weighted by Crippen LogP contribution is -2.31. The zero-order valence-corrected chi connectivity index (χ0v) is 8.39. The fourth-order valence-corrected chi connectivity index (χ4v) is 1.12. The molecule has 0 saturated carbocycles. The number of phenolic OH excluding ortho intramolecular Hbond substituents is 1. The molecule has 15 heavy (non-hydrogen) atoms. The largest absolute Gasteiger partial charge is 0.504 e. The van der Waals surface area contributed by atoms with Crippen LogP contribution in [0.3, 0.4) is 0 Å². The second-order valence-electron chi connectivity index (χ2n) is 3.26. The Morgan fingerprint density at radius 2 is 2.07 bits per heavy atom. The molecule has 0 aliphatic rings. The van der Waals surface area contributed by atoms with Gasteiger partial charge in [0, 0.05) is 0 Å². The van der Waals surface area contributed by atoms with Crippen LogP contribution in [0.25, 0.3) is 0 Å². The normalized spacial score (nSPS) is 14.3. The van der Waals surface area contributed by atoms with Crippen LogP contribution in [0.1, 0.15) is 12.5 Å². The van der Waals surface area contributed by atoms with Crippen molar-refractivity contribution in [3.05, 3.63) is 23.8 Å². The first-order valence-corrected chi connectivity index (χ1v) is 4.23. The Morgan fingerprint density at radius 3 is 2.47 bits per heavy atom. The van der Waals surface area contributed by atoms with E-state index in [4.69, 9.17) is 9.84 Å². The van der Waals surface area contributed by atoms with E-state index in [1.165, 1.54) is 19.2 Å². The van der Waals surface area contributed by atoms with Crippen LogP contribution in [0.2, 0.25) is 0 Å². The highest BCUT2D eigenvalue weighted by Crippen LogP contribution is 2.31. The van der Waals surface area contributed by atoms with Crippen molar-refractivity contribution in [3.8, 4) is 11.5 Å². The van der Waals surface area contributed by atoms with Crippen molar-refractivity contribution >= 4 is 5.97 Å². The van der Waals surface area contributed by atoms with Gasteiger partial charge in [0.25, 0.3) is 0 Å². The summed E-state index contributed by atoms with van der Waals surface area (Å²) in [6.07, 6.45) is 0. The number of phenols is 1. The first kappa shape index (κ1) is 11.3. The van der Waals surface area contributed by atoms with Gasteiger partial charge in [-0.05, 0) is 24.6 Å². The lowest BCUT2D eigenvalue weighted by molar-refractivity contribution is -0.157. The van der Waals surface area contributed by atoms with Crippen LogP contribution >= 0.6 is 0 Å². The molecule has 0 amide bonds. The summed E-state index contributed by atoms with van der Waals surface area (Å²) >= 11 is 0. The van der Waals surface area contributed by atoms with Gasteiger partial charge in [-0.15, -0.1) is 0 Å². The molecule has 3 N–H and O–H groups in total. The van der Waals surface area contributed by atoms with Gasteiger partial charge in [-0.1, -0.05) is 6.07 Å². The minimum atomic E-state index is -2.02. The summed E-state index contributed by atoms with van der Waals surface area (Å²) < 4.78 is 4.79. The lowest BCUT2D eigenvalue weighted by atomic mass is 9.96. The van der Waals surface area contributed by atoms with Gasteiger partial charge >= 0.3 is 5.97 Å². The molecule has 0 saturated heterocycles. The SMILES string of the molecule is COc1ccc(C(C)(O)C(=O)O)cc1O. The van der Waals surface area contributed by atoms with E-state index < -0.39 is 11.6 Å². The number of rotatable bonds is 3. The number of carbonyl (C=O) groups is 1. The lowest BCUT2D eigenvalue weighted by Gasteiger charge is -2.18. The van der Waals surface area contributed by atoms with E-state index >= 15 is 0 Å². The van der Waals surface area contributed by atoms with E-state index in [-0.39, 0.29) is 17.1 Å². The van der Waals surface area contributed by atoms with Crippen molar-refractivity contribution in [2.45, 2.75) is 12.5 Å². The summed E-state index contributed by atoms with van der Waals surface area (Å²) in [5.74, 6) is -1.37. The standard InChI is InChI=1S/C10H12O5/c1-10(14,9(12)13)6-3-4-8(15-2)7(11)5-6/h3-5,11,14H,1-2H3,(H,12,13). The molecule has 0 aliphatic heterocycles. The molecule has 82 valence electrons. The second kappa shape index (κ2) is 3.78. The van der Waals surface area contributed by atoms with Gasteiger partial charge in [0.15, 0.2) is 17.1 Å². The molecule has 0 aromatic heterocycles. The molecule has 0 aliphatic carbocycles. The number of carboxylic acids is 1. The Balaban J connectivity index is 3.18. The Labute approximate surface area is 86.5 Å². The number of aromatic hydroxyl groups is 1. The summed E-state index contributed by atoms with van der Waals surface area (Å²) in [6.45, 7) is 1.14. The molecule has 1 aromatic rings. The van der Waals surface area contributed by atoms with Gasteiger partial charge in [-0.2, -0.15) is 0 Å². The average Bonchev–Trinajstić information content (AvgIpc) is 2.17. The number of aliphatic hydroxyl groups is 1. The molecule has 5 heteroatoms. The quantitative estimate of drug-likeness (QED) is 0.686. The Bertz CT molecular complexity index is 383. The molecule has 1 rings (SSSR count). The molecule has 0 bridgehead atoms. The number of carboxylic acid groups (broad SMARTS) is 1. The van der Waals surface area contributed by atoms with Crippen LogP contribution in [0, 0.1) is 0 Å². The highest BCUT2D eigenvalue weighted by atomic mass is 16.5. The minimum Gasteiger partial charge on any atom is -0.504 e. The Morgan fingerprint density at radius 1 is 1.47 bits per heavy atom. The zero-order valence-electron chi connectivity index (χ0n) is 8.39. The molecule has 0 spiro atoms. The van der Waals surface area contributed by atoms with Crippen molar-refractivity contribution in [1.82, 2.24) is 0 Å². The van der Waals surface area contributed by atoms with E-state index in [0.29, 0.717) is 0 Å². The molecule has 0 radical (unpaired) electrons. The van der Waals surface area contributed by atoms with Crippen LogP contribution < -0.4 is 4.74 Å². The van der Waals surface area contributed by atoms with Crippen molar-refractivity contribution in [2.24, 2.45) is 0 Å². The maximum absolute atomic E-state index is 10.7. The van der Waals surface area contributed by atoms with Crippen LogP contribution in [-0.4, -0.2) is 28.4 Å². The maximum atomic E-state index is 10.7. The first-order chi connectivity index (χ1) is 6.89. The molecule has 5 nitrogen and oxygen atoms in total. The molecule has 0 fully saturated rings. The minimum absolute atomic E-state index is 0.0910. The third-order valence-corrected chi connectivity index (χ3v) is 2.16. The summed E-state index contributed by atoms with van der Waals surface area (Å²) in [7, 11) is 1.38. The fourth-order valence-electron chi connectivity index (χ4n) is 1.12. The molecule has 1 aromatic carbocycles. The molecular weight excluding hydrogens is 200 g/mol. The molecular formula is C10H12O5. The fraction of sp³-hybridized carbons (Fsp3) is 0.300. The van der Waals surface area contributed by atoms with Crippen molar-refractivity contribution in [1.29, 1.82) is 0 Å². The number of ether oxygens (including phenoxy) is 1. The Hall–Kier alpha value is -1.75. The number of aliphatic carboxylic acids is 1. The van der Waals surface area contributed by atoms with Crippen LogP contribution in [0.5, 0.6) is 11.5 Å². The van der Waals surface area contributed by atoms with Gasteiger partial charge in [0.05, 0.1) is 7.11 Å². The Kier molecular flexibility index (Phi) is 2.85. The van der Waals surface area contributed by atoms with Crippen molar-refractivity contribution in [3.63, 3.8) is 0 Å². The van der Waals surface area contributed by atoms with Crippen molar-refractivity contribution in [2.75, 3.05) is 7.11 Å². The number of benzene rings is 1. The zero-order chi connectivity index (χ0) is 11.6. The summed E-state index contributed by atoms with van der Waals surface area (Å²) in [5.41, 5.74) is -1.93. The summed E-state index contributed by atoms with van der Waals surface area (Å²) in [6, 6.07) is 3.93. The molecule has 1 unspecified atom stereocenters. The highest BCUT2D eigenvalue weighted by molar-refractivity contribution is 5.78. The number of methoxy groups -OCH3 is 1. The third-order valence-electron chi connectivity index (χ3n) is 2.16. The third kappa shape index (κ3) is 2.02. The predicted molar refractivity (Wildman–Crippen MR) is 51.9 cm³/mol. The van der Waals surface area contributed by atoms with E-state index in [0.717, 1.165) is 13.0 Å². The van der Waals surface area contributed by atoms with Gasteiger partial charge in [0.1, 0.15) is 0 Å². The van der Waals surface area contributed by atoms with Gasteiger partial charge in [0.2, 0.25) is 0 Å². The monoisotopic (exact) mass is 212 g/mol. The van der Waals surface area contributed by atoms with Crippen LogP contribution in [-0.2, 0) is 10.4 Å². The topological polar surface area (TPSA) is 87.0 Å². The van der Waals surface area contributed by atoms with Crippen LogP contribution in [0.15, 0.2) is 18.2 Å². The number of hydrogen-bond donors (Lipinski definition) is 3. The highest BCUT2D eigenvalue weighted by Gasteiger charge is 2.32. The van der Waals surface area contributed by atoms with E-state index in [1.807, 2.05) is 0 Å². The van der Waals surface area contributed by atoms with E-state index in [1.54, 1.807) is 0 Å². The maximum Gasteiger partial charge on any atom is 0.340 e. The molecule has 0 heterocycles. The summed E-state index contributed by atoms with van der Waals surface area (Å²) in [5, 5.41) is 27.8.